The number of carbonyl (C=O) groups is 1. The van der Waals surface area contributed by atoms with Crippen molar-refractivity contribution in [2.24, 2.45) is 10.1 Å². The van der Waals surface area contributed by atoms with Crippen molar-refractivity contribution in [1.82, 2.24) is 10.2 Å². The average molecular weight is 346 g/mol. The molecule has 0 radical (unpaired) electrons. The van der Waals surface area contributed by atoms with Gasteiger partial charge in [0.2, 0.25) is 0 Å². The second kappa shape index (κ2) is 6.58. The second-order valence-corrected chi connectivity index (χ2v) is 7.30. The lowest BCUT2D eigenvalue weighted by atomic mass is 10.1. The zero-order valence-electron chi connectivity index (χ0n) is 12.9. The third kappa shape index (κ3) is 3.55. The van der Waals surface area contributed by atoms with Gasteiger partial charge in [-0.1, -0.05) is 30.3 Å². The Kier molecular flexibility index (Phi) is 4.50. The number of fused-ring (bicyclic) bond motifs is 1. The molecule has 0 saturated heterocycles. The molecule has 0 fully saturated rings. The molecular weight excluding hydrogens is 328 g/mol. The fourth-order valence-electron chi connectivity index (χ4n) is 2.51. The van der Waals surface area contributed by atoms with Gasteiger partial charge in [0, 0.05) is 25.3 Å². The number of hydrogen-bond donors (Lipinski definition) is 2. The van der Waals surface area contributed by atoms with Gasteiger partial charge in [0.15, 0.2) is 5.84 Å². The summed E-state index contributed by atoms with van der Waals surface area (Å²) >= 11 is 0. The molecule has 3 rings (SSSR count). The largest absolute Gasteiger partial charge is 0.350 e. The van der Waals surface area contributed by atoms with E-state index in [1.54, 1.807) is 23.3 Å². The summed E-state index contributed by atoms with van der Waals surface area (Å²) in [6.45, 7) is 0.524. The van der Waals surface area contributed by atoms with E-state index in [0.717, 1.165) is 5.56 Å². The van der Waals surface area contributed by atoms with Gasteiger partial charge in [-0.05, 0) is 17.7 Å². The van der Waals surface area contributed by atoms with Crippen LogP contribution >= 0.6 is 0 Å². The summed E-state index contributed by atoms with van der Waals surface area (Å²) in [6.07, 6.45) is 4.96. The number of carbonyl (C=O) groups excluding carboxylic acids is 1. The number of amidine groups is 1. The lowest BCUT2D eigenvalue weighted by molar-refractivity contribution is -0.117. The van der Waals surface area contributed by atoms with Crippen molar-refractivity contribution in [3.63, 3.8) is 0 Å². The number of hydrogen-bond acceptors (Lipinski definition) is 5. The monoisotopic (exact) mass is 346 g/mol. The van der Waals surface area contributed by atoms with E-state index in [0.29, 0.717) is 0 Å². The number of benzene rings is 1. The number of nitrogens with one attached hydrogen (secondary N) is 1. The lowest BCUT2D eigenvalue weighted by Gasteiger charge is -2.28. The van der Waals surface area contributed by atoms with Crippen molar-refractivity contribution >= 4 is 21.8 Å². The minimum Gasteiger partial charge on any atom is -0.350 e. The zero-order valence-corrected chi connectivity index (χ0v) is 13.7. The van der Waals surface area contributed by atoms with Crippen LogP contribution in [0.5, 0.6) is 0 Å². The maximum absolute atomic E-state index is 12.4. The molecule has 2 aliphatic heterocycles. The molecule has 3 N–H and O–H groups in total. The highest BCUT2D eigenvalue weighted by Crippen LogP contribution is 2.18. The van der Waals surface area contributed by atoms with Gasteiger partial charge >= 0.3 is 0 Å². The summed E-state index contributed by atoms with van der Waals surface area (Å²) in [6, 6.07) is 9.08. The number of nitrogens with two attached hydrogens (primary N) is 1. The fraction of sp³-hybridized carbons (Fsp3) is 0.250. The van der Waals surface area contributed by atoms with E-state index in [4.69, 9.17) is 5.73 Å². The van der Waals surface area contributed by atoms with Gasteiger partial charge in [0.1, 0.15) is 0 Å². The highest BCUT2D eigenvalue weighted by Gasteiger charge is 2.29. The summed E-state index contributed by atoms with van der Waals surface area (Å²) in [5.74, 6) is -0.296. The molecular formula is C16H18N4O3S. The first kappa shape index (κ1) is 16.4. The predicted octanol–water partition coefficient (Wildman–Crippen LogP) is 0.300. The van der Waals surface area contributed by atoms with Crippen molar-refractivity contribution < 1.29 is 13.2 Å². The molecule has 0 spiro atoms. The number of sulfonamides is 1. The van der Waals surface area contributed by atoms with Gasteiger partial charge in [0.05, 0.1) is 11.3 Å². The van der Waals surface area contributed by atoms with Crippen LogP contribution in [0.2, 0.25) is 0 Å². The van der Waals surface area contributed by atoms with Gasteiger partial charge < -0.3 is 16.0 Å². The third-order valence-corrected chi connectivity index (χ3v) is 4.96. The van der Waals surface area contributed by atoms with E-state index in [1.807, 2.05) is 30.3 Å². The highest BCUT2D eigenvalue weighted by molar-refractivity contribution is 7.90. The van der Waals surface area contributed by atoms with E-state index in [9.17, 15) is 13.2 Å². The van der Waals surface area contributed by atoms with Crippen LogP contribution in [0.1, 0.15) is 11.6 Å². The average Bonchev–Trinajstić information content (AvgIpc) is 2.59. The topological polar surface area (TPSA) is 105 Å². The van der Waals surface area contributed by atoms with Crippen molar-refractivity contribution in [1.29, 1.82) is 0 Å². The first-order chi connectivity index (χ1) is 11.5. The van der Waals surface area contributed by atoms with Crippen LogP contribution in [0, 0.1) is 0 Å². The smallest absolute Gasteiger partial charge is 0.256 e. The molecule has 0 aliphatic carbocycles. The summed E-state index contributed by atoms with van der Waals surface area (Å²) in [7, 11) is -3.53. The fourth-order valence-corrected chi connectivity index (χ4v) is 3.49. The van der Waals surface area contributed by atoms with Gasteiger partial charge in [0.25, 0.3) is 15.9 Å². The molecule has 1 aromatic rings. The van der Waals surface area contributed by atoms with Gasteiger partial charge in [-0.2, -0.15) is 0 Å². The first-order valence-corrected chi connectivity index (χ1v) is 9.14. The van der Waals surface area contributed by atoms with Crippen LogP contribution < -0.4 is 11.1 Å². The molecule has 1 atom stereocenters. The van der Waals surface area contributed by atoms with Crippen LogP contribution in [0.25, 0.3) is 0 Å². The van der Waals surface area contributed by atoms with Crippen LogP contribution in [-0.4, -0.2) is 43.9 Å². The Morgan fingerprint density at radius 1 is 1.33 bits per heavy atom. The van der Waals surface area contributed by atoms with Crippen LogP contribution in [0.15, 0.2) is 58.7 Å². The van der Waals surface area contributed by atoms with Gasteiger partial charge in [-0.3, -0.25) is 4.79 Å². The summed E-state index contributed by atoms with van der Waals surface area (Å²) in [5.41, 5.74) is 7.20. The molecule has 2 aliphatic rings. The Hall–Kier alpha value is -2.45. The molecule has 126 valence electrons. The predicted molar refractivity (Wildman–Crippen MR) is 91.5 cm³/mol. The summed E-state index contributed by atoms with van der Waals surface area (Å²) < 4.78 is 27.1. The molecule has 0 saturated carbocycles. The van der Waals surface area contributed by atoms with E-state index < -0.39 is 15.9 Å². The van der Waals surface area contributed by atoms with E-state index in [2.05, 4.69) is 9.71 Å². The lowest BCUT2D eigenvalue weighted by Crippen LogP contribution is -2.43. The standard InChI is InChI=1S/C16H18N4O3S/c17-14(12-5-2-1-3-6-12)11-18-16(21)13-7-4-8-20-9-10-24(22,23)19-15(13)20/h1-8,14H,9-11,17H2,(H,18,21). The first-order valence-electron chi connectivity index (χ1n) is 7.53. The summed E-state index contributed by atoms with van der Waals surface area (Å²) in [4.78, 5) is 14.1. The molecule has 7 nitrogen and oxygen atoms in total. The second-order valence-electron chi connectivity index (χ2n) is 5.54. The minimum absolute atomic E-state index is 0.0609. The van der Waals surface area contributed by atoms with E-state index in [1.165, 1.54) is 0 Å². The normalized spacial score (nSPS) is 19.8. The van der Waals surface area contributed by atoms with Crippen LogP contribution in [-0.2, 0) is 14.8 Å². The van der Waals surface area contributed by atoms with E-state index in [-0.39, 0.29) is 36.3 Å². The van der Waals surface area contributed by atoms with Crippen LogP contribution in [0.4, 0.5) is 0 Å². The molecule has 1 aromatic carbocycles. The molecule has 0 aromatic heterocycles. The highest BCUT2D eigenvalue weighted by atomic mass is 32.2. The maximum atomic E-state index is 12.4. The number of amides is 1. The molecule has 8 heteroatoms. The maximum Gasteiger partial charge on any atom is 0.256 e. The van der Waals surface area contributed by atoms with Gasteiger partial charge in [-0.25, -0.2) is 8.42 Å². The summed E-state index contributed by atoms with van der Waals surface area (Å²) in [5, 5.41) is 2.74. The third-order valence-electron chi connectivity index (χ3n) is 3.81. The van der Waals surface area contributed by atoms with E-state index >= 15 is 0 Å². The number of allylic oxidation sites excluding steroid dienone is 2. The Labute approximate surface area is 140 Å². The number of rotatable bonds is 4. The molecule has 1 amide bonds. The van der Waals surface area contributed by atoms with Crippen molar-refractivity contribution in [3.8, 4) is 0 Å². The Morgan fingerprint density at radius 3 is 2.83 bits per heavy atom. The van der Waals surface area contributed by atoms with Crippen molar-refractivity contribution in [2.45, 2.75) is 6.04 Å². The molecule has 1 unspecified atom stereocenters. The van der Waals surface area contributed by atoms with Gasteiger partial charge in [-0.15, -0.1) is 4.40 Å². The quantitative estimate of drug-likeness (QED) is 0.816. The molecule has 0 bridgehead atoms. The minimum atomic E-state index is -3.53. The Bertz CT molecular complexity index is 828. The molecule has 2 heterocycles. The van der Waals surface area contributed by atoms with Crippen molar-refractivity contribution in [2.75, 3.05) is 18.8 Å². The van der Waals surface area contributed by atoms with Crippen molar-refractivity contribution in [3.05, 3.63) is 59.8 Å². The van der Waals surface area contributed by atoms with Crippen LogP contribution in [0.3, 0.4) is 0 Å². The SMILES string of the molecule is NC(CNC(=O)C1=CC=CN2CCS(=O)(=O)N=C12)c1ccccc1. The number of nitrogens with zero attached hydrogens (tertiary/aromatic N) is 2. The zero-order chi connectivity index (χ0) is 17.2. The molecule has 24 heavy (non-hydrogen) atoms. The Morgan fingerprint density at radius 2 is 2.08 bits per heavy atom. The Balaban J connectivity index is 1.72.